The van der Waals surface area contributed by atoms with Crippen molar-refractivity contribution in [1.29, 1.82) is 0 Å². The molecule has 0 spiro atoms. The highest BCUT2D eigenvalue weighted by Crippen LogP contribution is 2.35. The molecule has 11 heavy (non-hydrogen) atoms. The summed E-state index contributed by atoms with van der Waals surface area (Å²) in [6.07, 6.45) is 3.37. The average Bonchev–Trinajstić information content (AvgIpc) is 1.50. The zero-order chi connectivity index (χ0) is 8.48. The number of hydrogen-bond acceptors (Lipinski definition) is 3. The molecule has 3 heteroatoms. The molecule has 64 valence electrons. The van der Waals surface area contributed by atoms with Crippen molar-refractivity contribution in [2.75, 3.05) is 0 Å². The van der Waals surface area contributed by atoms with Gasteiger partial charge in [0.15, 0.2) is 5.72 Å². The summed E-state index contributed by atoms with van der Waals surface area (Å²) in [7, 11) is 0. The molecule has 0 saturated heterocycles. The minimum Gasteiger partial charge on any atom is -0.444 e. The first kappa shape index (κ1) is 8.53. The molecule has 1 atom stereocenters. The molecule has 1 fully saturated rings. The van der Waals surface area contributed by atoms with Crippen molar-refractivity contribution in [2.24, 2.45) is 11.7 Å². The topological polar surface area (TPSA) is 52.3 Å². The van der Waals surface area contributed by atoms with Crippen LogP contribution in [0, 0.1) is 5.92 Å². The minimum absolute atomic E-state index is 0.290. The first-order valence-corrected chi connectivity index (χ1v) is 4.01. The number of carbonyl (C=O) groups excluding carboxylic acids is 1. The van der Waals surface area contributed by atoms with Gasteiger partial charge in [0.2, 0.25) is 0 Å². The Morgan fingerprint density at radius 3 is 2.45 bits per heavy atom. The van der Waals surface area contributed by atoms with Gasteiger partial charge < -0.3 is 4.74 Å². The third-order valence-electron chi connectivity index (χ3n) is 2.28. The van der Waals surface area contributed by atoms with Crippen molar-refractivity contribution in [3.05, 3.63) is 0 Å². The monoisotopic (exact) mass is 157 g/mol. The van der Waals surface area contributed by atoms with Crippen LogP contribution in [0.4, 0.5) is 0 Å². The predicted octanol–water partition coefficient (Wildman–Crippen LogP) is 1.02. The maximum atomic E-state index is 10.6. The Morgan fingerprint density at radius 1 is 1.64 bits per heavy atom. The Balaban J connectivity index is 2.43. The third-order valence-corrected chi connectivity index (χ3v) is 2.28. The molecule has 1 saturated carbocycles. The Hall–Kier alpha value is -0.570. The van der Waals surface area contributed by atoms with Crippen LogP contribution in [-0.4, -0.2) is 11.7 Å². The molecule has 2 N–H and O–H groups in total. The van der Waals surface area contributed by atoms with Gasteiger partial charge >= 0.3 is 5.97 Å². The summed E-state index contributed by atoms with van der Waals surface area (Å²) in [5.41, 5.74) is 5.05. The number of nitrogens with two attached hydrogens (primary N) is 1. The molecule has 0 aromatic rings. The molecule has 1 aliphatic rings. The van der Waals surface area contributed by atoms with E-state index < -0.39 is 5.72 Å². The van der Waals surface area contributed by atoms with Gasteiger partial charge in [0.1, 0.15) is 0 Å². The molecular formula is C8H15NO2. The molecule has 3 nitrogen and oxygen atoms in total. The van der Waals surface area contributed by atoms with E-state index in [0.717, 1.165) is 12.8 Å². The van der Waals surface area contributed by atoms with E-state index in [-0.39, 0.29) is 5.97 Å². The second-order valence-electron chi connectivity index (χ2n) is 3.41. The van der Waals surface area contributed by atoms with Crippen LogP contribution < -0.4 is 5.73 Å². The first-order chi connectivity index (χ1) is 5.02. The molecule has 0 radical (unpaired) electrons. The van der Waals surface area contributed by atoms with Gasteiger partial charge in [-0.1, -0.05) is 6.42 Å². The predicted molar refractivity (Wildman–Crippen MR) is 41.7 cm³/mol. The highest BCUT2D eigenvalue weighted by molar-refractivity contribution is 5.66. The lowest BCUT2D eigenvalue weighted by Crippen LogP contribution is -2.50. The molecule has 0 heterocycles. The van der Waals surface area contributed by atoms with Crippen LogP contribution in [0.1, 0.15) is 33.1 Å². The van der Waals surface area contributed by atoms with Gasteiger partial charge in [-0.3, -0.25) is 10.5 Å². The van der Waals surface area contributed by atoms with E-state index >= 15 is 0 Å². The molecular weight excluding hydrogens is 142 g/mol. The number of hydrogen-bond donors (Lipinski definition) is 1. The largest absolute Gasteiger partial charge is 0.444 e. The second kappa shape index (κ2) is 2.81. The summed E-state index contributed by atoms with van der Waals surface area (Å²) in [5, 5.41) is 0. The van der Waals surface area contributed by atoms with Crippen molar-refractivity contribution >= 4 is 5.97 Å². The quantitative estimate of drug-likeness (QED) is 0.481. The first-order valence-electron chi connectivity index (χ1n) is 4.01. The molecule has 1 aliphatic carbocycles. The smallest absolute Gasteiger partial charge is 0.304 e. The van der Waals surface area contributed by atoms with Crippen LogP contribution in [-0.2, 0) is 9.53 Å². The Morgan fingerprint density at radius 2 is 2.18 bits per heavy atom. The number of carbonyl (C=O) groups is 1. The van der Waals surface area contributed by atoms with E-state index in [9.17, 15) is 4.79 Å². The fourth-order valence-electron chi connectivity index (χ4n) is 1.37. The molecule has 0 aliphatic heterocycles. The number of rotatable bonds is 2. The van der Waals surface area contributed by atoms with Crippen molar-refractivity contribution in [1.82, 2.24) is 0 Å². The lowest BCUT2D eigenvalue weighted by Gasteiger charge is -2.38. The van der Waals surface area contributed by atoms with Crippen molar-refractivity contribution in [3.63, 3.8) is 0 Å². The number of esters is 1. The van der Waals surface area contributed by atoms with Gasteiger partial charge in [-0.25, -0.2) is 0 Å². The van der Waals surface area contributed by atoms with Crippen LogP contribution in [0.3, 0.4) is 0 Å². The summed E-state index contributed by atoms with van der Waals surface area (Å²) >= 11 is 0. The van der Waals surface area contributed by atoms with E-state index in [4.69, 9.17) is 10.5 Å². The maximum Gasteiger partial charge on any atom is 0.304 e. The standard InChI is InChI=1S/C8H15NO2/c1-6(10)11-8(2,9)7-4-3-5-7/h7H,3-5,9H2,1-2H3. The van der Waals surface area contributed by atoms with E-state index in [1.54, 1.807) is 6.92 Å². The Bertz CT molecular complexity index is 161. The van der Waals surface area contributed by atoms with Gasteiger partial charge in [-0.2, -0.15) is 0 Å². The zero-order valence-corrected chi connectivity index (χ0v) is 7.09. The van der Waals surface area contributed by atoms with Crippen LogP contribution in [0.2, 0.25) is 0 Å². The highest BCUT2D eigenvalue weighted by atomic mass is 16.6. The van der Waals surface area contributed by atoms with Crippen molar-refractivity contribution < 1.29 is 9.53 Å². The molecule has 1 rings (SSSR count). The molecule has 0 amide bonds. The van der Waals surface area contributed by atoms with Gasteiger partial charge in [0, 0.05) is 12.8 Å². The zero-order valence-electron chi connectivity index (χ0n) is 7.09. The molecule has 0 aromatic heterocycles. The van der Waals surface area contributed by atoms with Crippen LogP contribution in [0.25, 0.3) is 0 Å². The number of ether oxygens (including phenoxy) is 1. The highest BCUT2D eigenvalue weighted by Gasteiger charge is 2.37. The van der Waals surface area contributed by atoms with Crippen molar-refractivity contribution in [3.8, 4) is 0 Å². The van der Waals surface area contributed by atoms with Gasteiger partial charge in [0.05, 0.1) is 0 Å². The SMILES string of the molecule is CC(=O)OC(C)(N)C1CCC1. The fraction of sp³-hybridized carbons (Fsp3) is 0.875. The fourth-order valence-corrected chi connectivity index (χ4v) is 1.37. The van der Waals surface area contributed by atoms with E-state index in [1.165, 1.54) is 13.3 Å². The van der Waals surface area contributed by atoms with E-state index in [2.05, 4.69) is 0 Å². The van der Waals surface area contributed by atoms with Crippen LogP contribution in [0.5, 0.6) is 0 Å². The van der Waals surface area contributed by atoms with Gasteiger partial charge in [0.25, 0.3) is 0 Å². The second-order valence-corrected chi connectivity index (χ2v) is 3.41. The van der Waals surface area contributed by atoms with Gasteiger partial charge in [-0.15, -0.1) is 0 Å². The van der Waals surface area contributed by atoms with E-state index in [1.807, 2.05) is 0 Å². The van der Waals surface area contributed by atoms with Gasteiger partial charge in [-0.05, 0) is 19.8 Å². The minimum atomic E-state index is -0.732. The summed E-state index contributed by atoms with van der Waals surface area (Å²) in [4.78, 5) is 10.6. The molecule has 1 unspecified atom stereocenters. The normalized spacial score (nSPS) is 23.5. The Kier molecular flexibility index (Phi) is 2.18. The Labute approximate surface area is 66.9 Å². The summed E-state index contributed by atoms with van der Waals surface area (Å²) < 4.78 is 4.98. The van der Waals surface area contributed by atoms with Crippen LogP contribution >= 0.6 is 0 Å². The summed E-state index contributed by atoms with van der Waals surface area (Å²) in [5.74, 6) is 0.0771. The van der Waals surface area contributed by atoms with E-state index in [0.29, 0.717) is 5.92 Å². The lowest BCUT2D eigenvalue weighted by atomic mass is 9.78. The summed E-state index contributed by atoms with van der Waals surface area (Å²) in [6, 6.07) is 0. The lowest BCUT2D eigenvalue weighted by molar-refractivity contribution is -0.164. The maximum absolute atomic E-state index is 10.6. The molecule has 0 bridgehead atoms. The summed E-state index contributed by atoms with van der Waals surface area (Å²) in [6.45, 7) is 3.17. The van der Waals surface area contributed by atoms with Crippen LogP contribution in [0.15, 0.2) is 0 Å². The average molecular weight is 157 g/mol. The van der Waals surface area contributed by atoms with Crippen molar-refractivity contribution in [2.45, 2.75) is 38.8 Å². The third kappa shape index (κ3) is 1.93. The molecule has 0 aromatic carbocycles.